The molecular formula is C28H29N3O4. The van der Waals surface area contributed by atoms with Gasteiger partial charge in [-0.1, -0.05) is 36.4 Å². The minimum atomic E-state index is -0.620. The second-order valence-corrected chi connectivity index (χ2v) is 8.74. The van der Waals surface area contributed by atoms with Crippen LogP contribution in [0.15, 0.2) is 73.2 Å². The molecule has 4 aromatic rings. The number of hydrogen-bond donors (Lipinski definition) is 1. The first-order valence-corrected chi connectivity index (χ1v) is 11.7. The maximum Gasteiger partial charge on any atom is 0.338 e. The molecule has 0 saturated heterocycles. The standard InChI is InChI=1S/C28H29N3O4/c1-18-8-7-11-21(19(18)2)23-26(35-28(32)20-9-5-4-6-10-20)25(34-17-16-33-3)22-12-14-31-15-13-29-27(31)24(22)30-23/h4-15,23,25-26,30H,16-17H2,1-3H3/t23-,25+,26-/m1/s1. The average molecular weight is 472 g/mol. The number of carbonyl (C=O) groups excluding carboxylic acids is 1. The largest absolute Gasteiger partial charge is 0.453 e. The van der Waals surface area contributed by atoms with E-state index in [9.17, 15) is 4.79 Å². The van der Waals surface area contributed by atoms with Crippen LogP contribution in [0.5, 0.6) is 0 Å². The number of benzene rings is 2. The Hall–Kier alpha value is -3.68. The van der Waals surface area contributed by atoms with Gasteiger partial charge in [-0.05, 0) is 48.7 Å². The SMILES string of the molecule is COCCO[C@H]1c2ccn3ccnc3c2N[C@H](c2cccc(C)c2C)[C@H]1OC(=O)c1ccccc1. The van der Waals surface area contributed by atoms with Crippen LogP contribution in [-0.4, -0.2) is 41.8 Å². The Morgan fingerprint density at radius 3 is 2.63 bits per heavy atom. The summed E-state index contributed by atoms with van der Waals surface area (Å²) in [5.74, 6) is -0.390. The van der Waals surface area contributed by atoms with Gasteiger partial charge in [0.15, 0.2) is 11.8 Å². The molecule has 1 aliphatic rings. The van der Waals surface area contributed by atoms with Gasteiger partial charge in [-0.3, -0.25) is 0 Å². The number of nitrogens with one attached hydrogen (secondary N) is 1. The molecule has 1 aliphatic heterocycles. The van der Waals surface area contributed by atoms with Crippen molar-refractivity contribution in [3.05, 3.63) is 101 Å². The molecule has 0 saturated carbocycles. The second kappa shape index (κ2) is 9.90. The van der Waals surface area contributed by atoms with Crippen molar-refractivity contribution in [2.45, 2.75) is 32.1 Å². The fourth-order valence-electron chi connectivity index (χ4n) is 4.68. The fourth-order valence-corrected chi connectivity index (χ4v) is 4.68. The quantitative estimate of drug-likeness (QED) is 0.300. The molecule has 0 unspecified atom stereocenters. The van der Waals surface area contributed by atoms with E-state index in [2.05, 4.69) is 36.3 Å². The van der Waals surface area contributed by atoms with Gasteiger partial charge in [-0.2, -0.15) is 0 Å². The number of fused-ring (bicyclic) bond motifs is 3. The Labute approximate surface area is 204 Å². The molecule has 2 aromatic heterocycles. The van der Waals surface area contributed by atoms with Gasteiger partial charge in [-0.15, -0.1) is 0 Å². The molecule has 7 nitrogen and oxygen atoms in total. The molecule has 3 atom stereocenters. The molecule has 0 fully saturated rings. The average Bonchev–Trinajstić information content (AvgIpc) is 3.36. The summed E-state index contributed by atoms with van der Waals surface area (Å²) in [7, 11) is 1.64. The van der Waals surface area contributed by atoms with E-state index in [-0.39, 0.29) is 6.04 Å². The summed E-state index contributed by atoms with van der Waals surface area (Å²) in [5.41, 5.74) is 6.42. The van der Waals surface area contributed by atoms with Crippen molar-refractivity contribution in [2.75, 3.05) is 25.6 Å². The molecule has 0 amide bonds. The van der Waals surface area contributed by atoms with Crippen molar-refractivity contribution < 1.29 is 19.0 Å². The minimum absolute atomic E-state index is 0.342. The molecular weight excluding hydrogens is 442 g/mol. The number of aromatic nitrogens is 2. The highest BCUT2D eigenvalue weighted by atomic mass is 16.6. The lowest BCUT2D eigenvalue weighted by atomic mass is 9.86. The number of imidazole rings is 1. The van der Waals surface area contributed by atoms with Gasteiger partial charge in [0.1, 0.15) is 6.10 Å². The lowest BCUT2D eigenvalue weighted by Crippen LogP contribution is -2.41. The normalized spacial score (nSPS) is 19.2. The number of anilines is 1. The van der Waals surface area contributed by atoms with E-state index in [1.165, 1.54) is 5.56 Å². The molecule has 0 aliphatic carbocycles. The van der Waals surface area contributed by atoms with Crippen molar-refractivity contribution >= 4 is 17.3 Å². The van der Waals surface area contributed by atoms with Crippen LogP contribution in [0.2, 0.25) is 0 Å². The topological polar surface area (TPSA) is 74.1 Å². The van der Waals surface area contributed by atoms with Crippen LogP contribution in [0, 0.1) is 13.8 Å². The van der Waals surface area contributed by atoms with E-state index < -0.39 is 18.2 Å². The van der Waals surface area contributed by atoms with E-state index in [0.29, 0.717) is 18.8 Å². The Balaban J connectivity index is 1.64. The third-order valence-electron chi connectivity index (χ3n) is 6.65. The number of carbonyl (C=O) groups is 1. The number of esters is 1. The zero-order chi connectivity index (χ0) is 24.4. The highest BCUT2D eigenvalue weighted by Crippen LogP contribution is 2.45. The molecule has 3 heterocycles. The molecule has 5 rings (SSSR count). The number of rotatable bonds is 7. The van der Waals surface area contributed by atoms with Crippen LogP contribution in [0.4, 0.5) is 5.69 Å². The van der Waals surface area contributed by atoms with Crippen molar-refractivity contribution in [1.29, 1.82) is 0 Å². The summed E-state index contributed by atoms with van der Waals surface area (Å²) < 4.78 is 19.8. The number of ether oxygens (including phenoxy) is 3. The maximum atomic E-state index is 13.3. The zero-order valence-corrected chi connectivity index (χ0v) is 20.1. The third-order valence-corrected chi connectivity index (χ3v) is 6.65. The number of aryl methyl sites for hydroxylation is 1. The lowest BCUT2D eigenvalue weighted by molar-refractivity contribution is -0.0742. The van der Waals surface area contributed by atoms with Gasteiger partial charge in [0.05, 0.1) is 30.5 Å². The predicted octanol–water partition coefficient (Wildman–Crippen LogP) is 5.05. The molecule has 35 heavy (non-hydrogen) atoms. The van der Waals surface area contributed by atoms with Gasteiger partial charge in [0.2, 0.25) is 0 Å². The monoisotopic (exact) mass is 471 g/mol. The van der Waals surface area contributed by atoms with Crippen LogP contribution in [0.25, 0.3) is 5.65 Å². The van der Waals surface area contributed by atoms with E-state index in [1.807, 2.05) is 47.1 Å². The van der Waals surface area contributed by atoms with Crippen LogP contribution in [-0.2, 0) is 14.2 Å². The van der Waals surface area contributed by atoms with Gasteiger partial charge in [0, 0.05) is 31.3 Å². The van der Waals surface area contributed by atoms with Crippen molar-refractivity contribution in [3.8, 4) is 0 Å². The summed E-state index contributed by atoms with van der Waals surface area (Å²) in [6.45, 7) is 4.96. The number of pyridine rings is 1. The van der Waals surface area contributed by atoms with Gasteiger partial charge in [0.25, 0.3) is 0 Å². The van der Waals surface area contributed by atoms with Crippen LogP contribution >= 0.6 is 0 Å². The van der Waals surface area contributed by atoms with Gasteiger partial charge in [-0.25, -0.2) is 9.78 Å². The fraction of sp³-hybridized carbons (Fsp3) is 0.286. The Kier molecular flexibility index (Phi) is 6.53. The van der Waals surface area contributed by atoms with Crippen molar-refractivity contribution in [2.24, 2.45) is 0 Å². The Bertz CT molecular complexity index is 1330. The van der Waals surface area contributed by atoms with Gasteiger partial charge < -0.3 is 23.9 Å². The Morgan fingerprint density at radius 1 is 1.00 bits per heavy atom. The molecule has 0 bridgehead atoms. The summed E-state index contributed by atoms with van der Waals surface area (Å²) in [4.78, 5) is 17.8. The number of methoxy groups -OCH3 is 1. The summed E-state index contributed by atoms with van der Waals surface area (Å²) in [5, 5.41) is 3.67. The molecule has 2 aromatic carbocycles. The van der Waals surface area contributed by atoms with E-state index in [1.54, 1.807) is 25.4 Å². The smallest absolute Gasteiger partial charge is 0.338 e. The van der Waals surface area contributed by atoms with Crippen molar-refractivity contribution in [1.82, 2.24) is 9.38 Å². The Morgan fingerprint density at radius 2 is 1.83 bits per heavy atom. The highest BCUT2D eigenvalue weighted by Gasteiger charge is 2.43. The van der Waals surface area contributed by atoms with Crippen molar-refractivity contribution in [3.63, 3.8) is 0 Å². The van der Waals surface area contributed by atoms with E-state index in [4.69, 9.17) is 14.2 Å². The summed E-state index contributed by atoms with van der Waals surface area (Å²) >= 11 is 0. The second-order valence-electron chi connectivity index (χ2n) is 8.74. The minimum Gasteiger partial charge on any atom is -0.453 e. The van der Waals surface area contributed by atoms with Gasteiger partial charge >= 0.3 is 5.97 Å². The zero-order valence-electron chi connectivity index (χ0n) is 20.1. The predicted molar refractivity (Wildman–Crippen MR) is 134 cm³/mol. The lowest BCUT2D eigenvalue weighted by Gasteiger charge is -2.40. The number of hydrogen-bond acceptors (Lipinski definition) is 6. The summed E-state index contributed by atoms with van der Waals surface area (Å²) in [6.07, 6.45) is 4.49. The number of nitrogens with zero attached hydrogens (tertiary/aromatic N) is 2. The summed E-state index contributed by atoms with van der Waals surface area (Å²) in [6, 6.07) is 16.9. The van der Waals surface area contributed by atoms with Crippen LogP contribution < -0.4 is 5.32 Å². The molecule has 0 radical (unpaired) electrons. The first kappa shape index (κ1) is 23.1. The molecule has 0 spiro atoms. The van der Waals surface area contributed by atoms with Crippen LogP contribution in [0.1, 0.15) is 44.8 Å². The van der Waals surface area contributed by atoms with E-state index >= 15 is 0 Å². The first-order valence-electron chi connectivity index (χ1n) is 11.7. The molecule has 180 valence electrons. The van der Waals surface area contributed by atoms with E-state index in [0.717, 1.165) is 28.0 Å². The molecule has 1 N–H and O–H groups in total. The maximum absolute atomic E-state index is 13.3. The third kappa shape index (κ3) is 4.40. The highest BCUT2D eigenvalue weighted by molar-refractivity contribution is 5.89. The first-order chi connectivity index (χ1) is 17.1. The molecule has 7 heteroatoms. The van der Waals surface area contributed by atoms with Crippen LogP contribution in [0.3, 0.4) is 0 Å².